The van der Waals surface area contributed by atoms with Gasteiger partial charge in [-0.05, 0) is 24.6 Å². The smallest absolute Gasteiger partial charge is 0.315 e. The minimum absolute atomic E-state index is 0.0457. The van der Waals surface area contributed by atoms with Crippen LogP contribution in [0.3, 0.4) is 0 Å². The lowest BCUT2D eigenvalue weighted by molar-refractivity contribution is 0.236. The fraction of sp³-hybridized carbons (Fsp3) is 0.235. The van der Waals surface area contributed by atoms with Crippen LogP contribution in [0.25, 0.3) is 5.69 Å². The van der Waals surface area contributed by atoms with Crippen LogP contribution in [0, 0.1) is 0 Å². The second-order valence-corrected chi connectivity index (χ2v) is 6.26. The van der Waals surface area contributed by atoms with Gasteiger partial charge in [-0.25, -0.2) is 14.5 Å². The fourth-order valence-electron chi connectivity index (χ4n) is 2.96. The monoisotopic (exact) mass is 356 g/mol. The Labute approximate surface area is 149 Å². The van der Waals surface area contributed by atoms with Crippen LogP contribution in [0.1, 0.15) is 24.0 Å². The molecule has 0 bridgehead atoms. The fourth-order valence-corrected chi connectivity index (χ4v) is 3.18. The topological polar surface area (TPSA) is 76.8 Å². The average molecular weight is 357 g/mol. The van der Waals surface area contributed by atoms with Gasteiger partial charge in [0, 0.05) is 25.1 Å². The van der Waals surface area contributed by atoms with Crippen molar-refractivity contribution in [2.45, 2.75) is 25.6 Å². The molecule has 2 N–H and O–H groups in total. The van der Waals surface area contributed by atoms with Crippen LogP contribution in [-0.2, 0) is 13.1 Å². The van der Waals surface area contributed by atoms with Gasteiger partial charge in [0.2, 0.25) is 0 Å². The molecule has 3 heterocycles. The first-order valence-corrected chi connectivity index (χ1v) is 8.43. The highest BCUT2D eigenvalue weighted by Crippen LogP contribution is 2.23. The van der Waals surface area contributed by atoms with E-state index in [0.29, 0.717) is 11.6 Å². The number of carbonyl (C=O) groups is 1. The van der Waals surface area contributed by atoms with Crippen molar-refractivity contribution in [3.05, 3.63) is 65.5 Å². The van der Waals surface area contributed by atoms with E-state index in [1.54, 1.807) is 10.9 Å². The number of fused-ring (bicyclic) bond motifs is 1. The summed E-state index contributed by atoms with van der Waals surface area (Å²) in [6.07, 6.45) is 6.36. The van der Waals surface area contributed by atoms with Gasteiger partial charge < -0.3 is 15.2 Å². The molecule has 0 spiro atoms. The van der Waals surface area contributed by atoms with Crippen molar-refractivity contribution in [1.82, 2.24) is 30.0 Å². The Morgan fingerprint density at radius 3 is 3.04 bits per heavy atom. The lowest BCUT2D eigenvalue weighted by Crippen LogP contribution is -2.37. The number of nitrogens with one attached hydrogen (secondary N) is 2. The number of aromatic nitrogens is 4. The Morgan fingerprint density at radius 1 is 1.28 bits per heavy atom. The zero-order chi connectivity index (χ0) is 17.2. The van der Waals surface area contributed by atoms with Gasteiger partial charge >= 0.3 is 6.03 Å². The molecule has 1 atom stereocenters. The standard InChI is InChI=1S/C17H17ClN6O/c18-13-3-1-2-4-15(13)24-9-5-12(22-24)11-20-17(25)21-14-6-8-23-10-7-19-16(14)23/h1-5,7,9-10,14H,6,8,11H2,(H2,20,21,25). The molecule has 1 aliphatic heterocycles. The lowest BCUT2D eigenvalue weighted by atomic mass is 10.2. The van der Waals surface area contributed by atoms with E-state index in [4.69, 9.17) is 11.6 Å². The van der Waals surface area contributed by atoms with E-state index in [2.05, 4.69) is 25.3 Å². The first-order valence-electron chi connectivity index (χ1n) is 8.05. The maximum atomic E-state index is 12.1. The highest BCUT2D eigenvalue weighted by atomic mass is 35.5. The molecule has 0 saturated carbocycles. The second kappa shape index (κ2) is 6.60. The van der Waals surface area contributed by atoms with E-state index in [9.17, 15) is 4.79 Å². The molecule has 25 heavy (non-hydrogen) atoms. The quantitative estimate of drug-likeness (QED) is 0.754. The van der Waals surface area contributed by atoms with Gasteiger partial charge in [-0.1, -0.05) is 23.7 Å². The molecule has 8 heteroatoms. The maximum absolute atomic E-state index is 12.1. The summed E-state index contributed by atoms with van der Waals surface area (Å²) in [6.45, 7) is 1.22. The third-order valence-corrected chi connectivity index (χ3v) is 4.52. The number of urea groups is 1. The van der Waals surface area contributed by atoms with E-state index in [0.717, 1.165) is 30.2 Å². The Hall–Kier alpha value is -2.80. The van der Waals surface area contributed by atoms with Crippen LogP contribution in [0.2, 0.25) is 5.02 Å². The van der Waals surface area contributed by atoms with Crippen LogP contribution in [0.5, 0.6) is 0 Å². The van der Waals surface area contributed by atoms with Crippen molar-refractivity contribution in [3.63, 3.8) is 0 Å². The third kappa shape index (κ3) is 3.23. The minimum Gasteiger partial charge on any atom is -0.333 e. The SMILES string of the molecule is O=C(NCc1ccn(-c2ccccc2Cl)n1)NC1CCn2ccnc21. The van der Waals surface area contributed by atoms with Crippen LogP contribution in [0.4, 0.5) is 4.79 Å². The summed E-state index contributed by atoms with van der Waals surface area (Å²) in [6, 6.07) is 9.06. The maximum Gasteiger partial charge on any atom is 0.315 e. The highest BCUT2D eigenvalue weighted by Gasteiger charge is 2.24. The Balaban J connectivity index is 1.35. The Kier molecular flexibility index (Phi) is 4.15. The Bertz CT molecular complexity index is 902. The normalized spacial score (nSPS) is 15.8. The van der Waals surface area contributed by atoms with E-state index >= 15 is 0 Å². The number of imidazole rings is 1. The van der Waals surface area contributed by atoms with Gasteiger partial charge in [0.25, 0.3) is 0 Å². The number of hydrogen-bond donors (Lipinski definition) is 2. The number of nitrogens with zero attached hydrogens (tertiary/aromatic N) is 4. The molecule has 2 aromatic heterocycles. The van der Waals surface area contributed by atoms with Crippen molar-refractivity contribution < 1.29 is 4.79 Å². The molecule has 3 aromatic rings. The van der Waals surface area contributed by atoms with Gasteiger partial charge in [-0.15, -0.1) is 0 Å². The van der Waals surface area contributed by atoms with E-state index in [1.165, 1.54) is 0 Å². The summed E-state index contributed by atoms with van der Waals surface area (Å²) in [4.78, 5) is 16.4. The Morgan fingerprint density at radius 2 is 2.16 bits per heavy atom. The summed E-state index contributed by atoms with van der Waals surface area (Å²) in [7, 11) is 0. The van der Waals surface area contributed by atoms with Crippen LogP contribution < -0.4 is 10.6 Å². The number of hydrogen-bond acceptors (Lipinski definition) is 3. The number of rotatable bonds is 4. The molecule has 1 aromatic carbocycles. The molecule has 2 amide bonds. The molecule has 0 fully saturated rings. The number of aryl methyl sites for hydroxylation is 1. The van der Waals surface area contributed by atoms with E-state index in [-0.39, 0.29) is 12.1 Å². The molecule has 4 rings (SSSR count). The number of benzene rings is 1. The van der Waals surface area contributed by atoms with Gasteiger partial charge in [0.1, 0.15) is 5.82 Å². The molecular formula is C17H17ClN6O. The molecule has 1 unspecified atom stereocenters. The number of amides is 2. The van der Waals surface area contributed by atoms with Crippen molar-refractivity contribution in [2.75, 3.05) is 0 Å². The summed E-state index contributed by atoms with van der Waals surface area (Å²) < 4.78 is 3.75. The van der Waals surface area contributed by atoms with Gasteiger partial charge in [0.05, 0.1) is 29.0 Å². The molecular weight excluding hydrogens is 340 g/mol. The number of carbonyl (C=O) groups excluding carboxylic acids is 1. The van der Waals surface area contributed by atoms with E-state index < -0.39 is 0 Å². The minimum atomic E-state index is -0.228. The van der Waals surface area contributed by atoms with Crippen molar-refractivity contribution >= 4 is 17.6 Å². The highest BCUT2D eigenvalue weighted by molar-refractivity contribution is 6.32. The van der Waals surface area contributed by atoms with Crippen LogP contribution >= 0.6 is 11.6 Å². The average Bonchev–Trinajstić information content (AvgIpc) is 3.32. The molecule has 128 valence electrons. The summed E-state index contributed by atoms with van der Waals surface area (Å²) >= 11 is 6.17. The zero-order valence-electron chi connectivity index (χ0n) is 13.4. The molecule has 0 radical (unpaired) electrons. The summed E-state index contributed by atoms with van der Waals surface area (Å²) in [5.74, 6) is 0.901. The van der Waals surface area contributed by atoms with Crippen LogP contribution in [-0.4, -0.2) is 25.4 Å². The molecule has 1 aliphatic rings. The largest absolute Gasteiger partial charge is 0.333 e. The third-order valence-electron chi connectivity index (χ3n) is 4.20. The molecule has 7 nitrogen and oxygen atoms in total. The summed E-state index contributed by atoms with van der Waals surface area (Å²) in [5, 5.41) is 10.9. The van der Waals surface area contributed by atoms with Gasteiger partial charge in [-0.3, -0.25) is 0 Å². The number of halogens is 1. The van der Waals surface area contributed by atoms with Crippen molar-refractivity contribution in [3.8, 4) is 5.69 Å². The first-order chi connectivity index (χ1) is 12.2. The zero-order valence-corrected chi connectivity index (χ0v) is 14.1. The molecule has 0 saturated heterocycles. The second-order valence-electron chi connectivity index (χ2n) is 5.85. The van der Waals surface area contributed by atoms with E-state index in [1.807, 2.05) is 42.7 Å². The van der Waals surface area contributed by atoms with Crippen molar-refractivity contribution in [2.24, 2.45) is 0 Å². The van der Waals surface area contributed by atoms with Gasteiger partial charge in [0.15, 0.2) is 0 Å². The van der Waals surface area contributed by atoms with Crippen LogP contribution in [0.15, 0.2) is 48.9 Å². The number of para-hydroxylation sites is 1. The van der Waals surface area contributed by atoms with Crippen molar-refractivity contribution in [1.29, 1.82) is 0 Å². The molecule has 0 aliphatic carbocycles. The van der Waals surface area contributed by atoms with Gasteiger partial charge in [-0.2, -0.15) is 5.10 Å². The first kappa shape index (κ1) is 15.7. The predicted octanol–water partition coefficient (Wildman–Crippen LogP) is 2.67. The lowest BCUT2D eigenvalue weighted by Gasteiger charge is -2.11. The summed E-state index contributed by atoms with van der Waals surface area (Å²) in [5.41, 5.74) is 1.56. The predicted molar refractivity (Wildman–Crippen MR) is 93.5 cm³/mol.